The van der Waals surface area contributed by atoms with Gasteiger partial charge in [0, 0.05) is 23.3 Å². The van der Waals surface area contributed by atoms with E-state index in [1.54, 1.807) is 4.90 Å². The maximum absolute atomic E-state index is 12.5. The molecule has 3 rings (SSSR count). The molecule has 152 valence electrons. The summed E-state index contributed by atoms with van der Waals surface area (Å²) in [6, 6.07) is 15.3. The smallest absolute Gasteiger partial charge is 0.253 e. The van der Waals surface area contributed by atoms with Crippen LogP contribution in [0.3, 0.4) is 0 Å². The minimum absolute atomic E-state index is 0.0736. The summed E-state index contributed by atoms with van der Waals surface area (Å²) in [7, 11) is 0. The number of pyridine rings is 1. The van der Waals surface area contributed by atoms with Crippen LogP contribution in [0.1, 0.15) is 18.1 Å². The fraction of sp³-hybridized carbons (Fsp3) is 0.273. The summed E-state index contributed by atoms with van der Waals surface area (Å²) in [5, 5.41) is 14.0. The lowest BCUT2D eigenvalue weighted by molar-refractivity contribution is 0.248. The van der Waals surface area contributed by atoms with Gasteiger partial charge in [-0.15, -0.1) is 0 Å². The minimum atomic E-state index is -0.157. The molecule has 0 aliphatic rings. The van der Waals surface area contributed by atoms with Crippen LogP contribution in [-0.2, 0) is 6.54 Å². The molecule has 0 atom stereocenters. The van der Waals surface area contributed by atoms with Crippen molar-refractivity contribution in [3.05, 3.63) is 70.0 Å². The number of hydrogen-bond acceptors (Lipinski definition) is 4. The van der Waals surface area contributed by atoms with Crippen molar-refractivity contribution in [1.29, 1.82) is 0 Å². The van der Waals surface area contributed by atoms with Crippen molar-refractivity contribution < 1.29 is 9.84 Å². The first-order valence-electron chi connectivity index (χ1n) is 9.52. The SMILES string of the molecule is CCOc1ccc(NC(=S)N(CCO)Cc2cc3ccc(C)cc3[nH]c2=O)cc1. The molecule has 6 nitrogen and oxygen atoms in total. The van der Waals surface area contributed by atoms with Crippen molar-refractivity contribution in [1.82, 2.24) is 9.88 Å². The number of nitrogens with one attached hydrogen (secondary N) is 2. The maximum Gasteiger partial charge on any atom is 0.253 e. The standard InChI is InChI=1S/C22H25N3O3S/c1-3-28-19-8-6-18(7-9-19)23-22(29)25(10-11-26)14-17-13-16-5-4-15(2)12-20(16)24-21(17)27/h4-9,12-13,26H,3,10-11,14H2,1-2H3,(H,23,29)(H,24,27). The van der Waals surface area contributed by atoms with Crippen LogP contribution in [0.2, 0.25) is 0 Å². The number of hydrogen-bond donors (Lipinski definition) is 3. The van der Waals surface area contributed by atoms with Gasteiger partial charge in [-0.05, 0) is 73.4 Å². The van der Waals surface area contributed by atoms with Gasteiger partial charge in [-0.1, -0.05) is 12.1 Å². The van der Waals surface area contributed by atoms with E-state index in [1.165, 1.54) is 0 Å². The van der Waals surface area contributed by atoms with Crippen LogP contribution >= 0.6 is 12.2 Å². The summed E-state index contributed by atoms with van der Waals surface area (Å²) >= 11 is 5.52. The number of nitrogens with zero attached hydrogens (tertiary/aromatic N) is 1. The third-order valence-electron chi connectivity index (χ3n) is 4.51. The van der Waals surface area contributed by atoms with Gasteiger partial charge in [0.15, 0.2) is 5.11 Å². The molecule has 0 saturated carbocycles. The van der Waals surface area contributed by atoms with E-state index in [0.29, 0.717) is 30.4 Å². The molecule has 7 heteroatoms. The Morgan fingerprint density at radius 1 is 1.21 bits per heavy atom. The first kappa shape index (κ1) is 20.8. The second-order valence-electron chi connectivity index (χ2n) is 6.75. The Balaban J connectivity index is 1.77. The molecule has 0 radical (unpaired) electrons. The van der Waals surface area contributed by atoms with Crippen molar-refractivity contribution in [2.75, 3.05) is 25.1 Å². The molecule has 29 heavy (non-hydrogen) atoms. The predicted molar refractivity (Wildman–Crippen MR) is 121 cm³/mol. The number of aromatic nitrogens is 1. The molecule has 2 aromatic carbocycles. The van der Waals surface area contributed by atoms with E-state index in [-0.39, 0.29) is 12.2 Å². The van der Waals surface area contributed by atoms with E-state index in [4.69, 9.17) is 17.0 Å². The van der Waals surface area contributed by atoms with Crippen molar-refractivity contribution >= 4 is 33.9 Å². The average Bonchev–Trinajstić information content (AvgIpc) is 2.70. The number of anilines is 1. The Morgan fingerprint density at radius 3 is 2.66 bits per heavy atom. The van der Waals surface area contributed by atoms with Gasteiger partial charge in [0.25, 0.3) is 5.56 Å². The summed E-state index contributed by atoms with van der Waals surface area (Å²) in [6.07, 6.45) is 0. The lowest BCUT2D eigenvalue weighted by Gasteiger charge is -2.25. The van der Waals surface area contributed by atoms with Crippen LogP contribution in [-0.4, -0.2) is 39.9 Å². The van der Waals surface area contributed by atoms with E-state index in [9.17, 15) is 9.90 Å². The molecular weight excluding hydrogens is 386 g/mol. The molecule has 0 aliphatic heterocycles. The predicted octanol–water partition coefficient (Wildman–Crippen LogP) is 3.43. The van der Waals surface area contributed by atoms with Gasteiger partial charge in [-0.3, -0.25) is 4.79 Å². The Labute approximate surface area is 175 Å². The van der Waals surface area contributed by atoms with E-state index >= 15 is 0 Å². The first-order valence-corrected chi connectivity index (χ1v) is 9.93. The van der Waals surface area contributed by atoms with E-state index in [2.05, 4.69) is 10.3 Å². The highest BCUT2D eigenvalue weighted by molar-refractivity contribution is 7.80. The second kappa shape index (κ2) is 9.54. The summed E-state index contributed by atoms with van der Waals surface area (Å²) in [5.74, 6) is 0.786. The van der Waals surface area contributed by atoms with Crippen LogP contribution in [0.5, 0.6) is 5.75 Å². The number of benzene rings is 2. The van der Waals surface area contributed by atoms with Gasteiger partial charge in [-0.2, -0.15) is 0 Å². The number of aryl methyl sites for hydroxylation is 1. The van der Waals surface area contributed by atoms with Crippen LogP contribution in [0.15, 0.2) is 53.3 Å². The topological polar surface area (TPSA) is 77.6 Å². The monoisotopic (exact) mass is 411 g/mol. The third-order valence-corrected chi connectivity index (χ3v) is 4.87. The molecule has 0 spiro atoms. The summed E-state index contributed by atoms with van der Waals surface area (Å²) in [6.45, 7) is 5.06. The molecule has 0 amide bonds. The second-order valence-corrected chi connectivity index (χ2v) is 7.13. The molecule has 0 saturated heterocycles. The average molecular weight is 412 g/mol. The van der Waals surface area contributed by atoms with E-state index < -0.39 is 0 Å². The van der Waals surface area contributed by atoms with Crippen LogP contribution in [0.4, 0.5) is 5.69 Å². The molecule has 0 bridgehead atoms. The zero-order chi connectivity index (χ0) is 20.8. The molecule has 1 aromatic heterocycles. The third kappa shape index (κ3) is 5.34. The first-order chi connectivity index (χ1) is 14.0. The van der Waals surface area contributed by atoms with Crippen LogP contribution in [0, 0.1) is 6.92 Å². The largest absolute Gasteiger partial charge is 0.494 e. The maximum atomic E-state index is 12.5. The lowest BCUT2D eigenvalue weighted by Crippen LogP contribution is -2.37. The quantitative estimate of drug-likeness (QED) is 0.517. The molecular formula is C22H25N3O3S. The van der Waals surface area contributed by atoms with Gasteiger partial charge in [-0.25, -0.2) is 0 Å². The van der Waals surface area contributed by atoms with Crippen molar-refractivity contribution in [2.45, 2.75) is 20.4 Å². The number of aromatic amines is 1. The highest BCUT2D eigenvalue weighted by Crippen LogP contribution is 2.17. The summed E-state index contributed by atoms with van der Waals surface area (Å²) < 4.78 is 5.44. The van der Waals surface area contributed by atoms with Crippen molar-refractivity contribution in [3.63, 3.8) is 0 Å². The van der Waals surface area contributed by atoms with Gasteiger partial charge >= 0.3 is 0 Å². The number of ether oxygens (including phenoxy) is 1. The zero-order valence-corrected chi connectivity index (χ0v) is 17.4. The van der Waals surface area contributed by atoms with Gasteiger partial charge in [0.1, 0.15) is 5.75 Å². The Bertz CT molecular complexity index is 1050. The molecule has 1 heterocycles. The molecule has 3 N–H and O–H groups in total. The number of fused-ring (bicyclic) bond motifs is 1. The highest BCUT2D eigenvalue weighted by atomic mass is 32.1. The number of H-pyrrole nitrogens is 1. The zero-order valence-electron chi connectivity index (χ0n) is 16.6. The Hall–Kier alpha value is -2.90. The summed E-state index contributed by atoms with van der Waals surface area (Å²) in [4.78, 5) is 17.2. The lowest BCUT2D eigenvalue weighted by atomic mass is 10.1. The molecule has 0 unspecified atom stereocenters. The normalized spacial score (nSPS) is 10.7. The molecule has 0 aliphatic carbocycles. The van der Waals surface area contributed by atoms with Gasteiger partial charge < -0.3 is 25.0 Å². The Kier molecular flexibility index (Phi) is 6.85. The van der Waals surface area contributed by atoms with Crippen molar-refractivity contribution in [2.24, 2.45) is 0 Å². The van der Waals surface area contributed by atoms with Gasteiger partial charge in [0.2, 0.25) is 0 Å². The number of rotatable bonds is 7. The van der Waals surface area contributed by atoms with E-state index in [0.717, 1.165) is 27.9 Å². The fourth-order valence-corrected chi connectivity index (χ4v) is 3.33. The van der Waals surface area contributed by atoms with Crippen LogP contribution < -0.4 is 15.6 Å². The summed E-state index contributed by atoms with van der Waals surface area (Å²) in [5.41, 5.74) is 3.14. The fourth-order valence-electron chi connectivity index (χ4n) is 3.06. The van der Waals surface area contributed by atoms with E-state index in [1.807, 2.05) is 62.4 Å². The number of aliphatic hydroxyl groups is 1. The van der Waals surface area contributed by atoms with Crippen LogP contribution in [0.25, 0.3) is 10.9 Å². The number of thiocarbonyl (C=S) groups is 1. The van der Waals surface area contributed by atoms with Crippen molar-refractivity contribution in [3.8, 4) is 5.75 Å². The molecule has 0 fully saturated rings. The highest BCUT2D eigenvalue weighted by Gasteiger charge is 2.13. The van der Waals surface area contributed by atoms with Gasteiger partial charge in [0.05, 0.1) is 19.8 Å². The minimum Gasteiger partial charge on any atom is -0.494 e. The molecule has 3 aromatic rings. The Morgan fingerprint density at radius 2 is 1.97 bits per heavy atom. The number of aliphatic hydroxyl groups excluding tert-OH is 1.